The molecule has 3 atom stereocenters. The molecule has 1 heterocycles. The highest BCUT2D eigenvalue weighted by molar-refractivity contribution is 5.13. The first kappa shape index (κ1) is 12.5. The molecular formula is C13H18O4. The summed E-state index contributed by atoms with van der Waals surface area (Å²) in [4.78, 5) is 0. The number of hydrogen-bond donors (Lipinski definition) is 2. The first-order chi connectivity index (χ1) is 8.33. The molecule has 0 spiro atoms. The minimum atomic E-state index is -0.323. The molecule has 1 aromatic rings. The summed E-state index contributed by atoms with van der Waals surface area (Å²) in [5, 5.41) is 18.2. The predicted octanol–water partition coefficient (Wildman–Crippen LogP) is 0.714. The maximum atomic E-state index is 9.16. The van der Waals surface area contributed by atoms with Crippen LogP contribution >= 0.6 is 0 Å². The molecule has 0 unspecified atom stereocenters. The molecule has 0 radical (unpaired) electrons. The summed E-state index contributed by atoms with van der Waals surface area (Å²) in [5.41, 5.74) is 1.09. The first-order valence-corrected chi connectivity index (χ1v) is 5.86. The number of aliphatic hydroxyl groups is 2. The molecule has 1 fully saturated rings. The largest absolute Gasteiger partial charge is 0.394 e. The third kappa shape index (κ3) is 3.26. The van der Waals surface area contributed by atoms with E-state index in [1.807, 2.05) is 30.3 Å². The van der Waals surface area contributed by atoms with E-state index in [2.05, 4.69) is 0 Å². The first-order valence-electron chi connectivity index (χ1n) is 5.86. The topological polar surface area (TPSA) is 58.9 Å². The Balaban J connectivity index is 1.86. The standard InChI is InChI=1S/C13H18O4/c14-7-11-6-12(13(8-15)17-11)16-9-10-4-2-1-3-5-10/h1-5,11-15H,6-9H2/t11-,12-,13-/m0/s1. The molecule has 2 N–H and O–H groups in total. The molecule has 17 heavy (non-hydrogen) atoms. The lowest BCUT2D eigenvalue weighted by atomic mass is 10.1. The normalized spacial score (nSPS) is 28.5. The Morgan fingerprint density at radius 1 is 1.18 bits per heavy atom. The van der Waals surface area contributed by atoms with Crippen LogP contribution in [0.25, 0.3) is 0 Å². The predicted molar refractivity (Wildman–Crippen MR) is 62.5 cm³/mol. The van der Waals surface area contributed by atoms with Gasteiger partial charge in [0.2, 0.25) is 0 Å². The van der Waals surface area contributed by atoms with Crippen molar-refractivity contribution in [1.29, 1.82) is 0 Å². The second-order valence-corrected chi connectivity index (χ2v) is 4.23. The van der Waals surface area contributed by atoms with Crippen molar-refractivity contribution >= 4 is 0 Å². The van der Waals surface area contributed by atoms with Crippen molar-refractivity contribution in [2.24, 2.45) is 0 Å². The Kier molecular flexibility index (Phi) is 4.50. The SMILES string of the molecule is OC[C@@H]1C[C@H](OCc2ccccc2)[C@H](CO)O1. The Morgan fingerprint density at radius 3 is 2.59 bits per heavy atom. The summed E-state index contributed by atoms with van der Waals surface area (Å²) in [5.74, 6) is 0. The van der Waals surface area contributed by atoms with Gasteiger partial charge in [0.1, 0.15) is 6.10 Å². The van der Waals surface area contributed by atoms with Crippen LogP contribution in [-0.2, 0) is 16.1 Å². The maximum absolute atomic E-state index is 9.16. The van der Waals surface area contributed by atoms with Crippen LogP contribution in [0.3, 0.4) is 0 Å². The van der Waals surface area contributed by atoms with Crippen LogP contribution < -0.4 is 0 Å². The van der Waals surface area contributed by atoms with Crippen molar-refractivity contribution in [3.63, 3.8) is 0 Å². The van der Waals surface area contributed by atoms with Crippen LogP contribution in [0.4, 0.5) is 0 Å². The fourth-order valence-corrected chi connectivity index (χ4v) is 2.03. The fourth-order valence-electron chi connectivity index (χ4n) is 2.03. The minimum absolute atomic E-state index is 0.0261. The molecular weight excluding hydrogens is 220 g/mol. The van der Waals surface area contributed by atoms with Crippen molar-refractivity contribution in [3.05, 3.63) is 35.9 Å². The van der Waals surface area contributed by atoms with E-state index in [1.165, 1.54) is 0 Å². The molecule has 94 valence electrons. The molecule has 1 saturated heterocycles. The summed E-state index contributed by atoms with van der Waals surface area (Å²) >= 11 is 0. The van der Waals surface area contributed by atoms with Crippen LogP contribution in [0.2, 0.25) is 0 Å². The van der Waals surface area contributed by atoms with Crippen LogP contribution in [-0.4, -0.2) is 41.7 Å². The lowest BCUT2D eigenvalue weighted by Gasteiger charge is -2.16. The molecule has 0 bridgehead atoms. The van der Waals surface area contributed by atoms with Gasteiger partial charge < -0.3 is 19.7 Å². The Morgan fingerprint density at radius 2 is 1.94 bits per heavy atom. The smallest absolute Gasteiger partial charge is 0.107 e. The van der Waals surface area contributed by atoms with Crippen LogP contribution in [0, 0.1) is 0 Å². The van der Waals surface area contributed by atoms with E-state index < -0.39 is 0 Å². The van der Waals surface area contributed by atoms with Crippen molar-refractivity contribution in [2.45, 2.75) is 31.3 Å². The third-order valence-electron chi connectivity index (χ3n) is 2.97. The van der Waals surface area contributed by atoms with Gasteiger partial charge >= 0.3 is 0 Å². The third-order valence-corrected chi connectivity index (χ3v) is 2.97. The van der Waals surface area contributed by atoms with Crippen molar-refractivity contribution in [1.82, 2.24) is 0 Å². The average molecular weight is 238 g/mol. The molecule has 0 amide bonds. The molecule has 4 heteroatoms. The summed E-state index contributed by atoms with van der Waals surface area (Å²) in [6.07, 6.45) is -0.0460. The van der Waals surface area contributed by atoms with Crippen molar-refractivity contribution in [3.8, 4) is 0 Å². The quantitative estimate of drug-likeness (QED) is 0.793. The van der Waals surface area contributed by atoms with Gasteiger partial charge in [-0.25, -0.2) is 0 Å². The Bertz CT molecular complexity index is 327. The van der Waals surface area contributed by atoms with E-state index in [4.69, 9.17) is 19.7 Å². The van der Waals surface area contributed by atoms with Crippen LogP contribution in [0.15, 0.2) is 30.3 Å². The molecule has 0 saturated carbocycles. The summed E-state index contributed by atoms with van der Waals surface area (Å²) in [6, 6.07) is 9.87. The van der Waals surface area contributed by atoms with Gasteiger partial charge in [-0.2, -0.15) is 0 Å². The molecule has 0 aliphatic carbocycles. The van der Waals surface area contributed by atoms with Gasteiger partial charge in [-0.05, 0) is 5.56 Å². The molecule has 1 aliphatic heterocycles. The molecule has 4 nitrogen and oxygen atoms in total. The number of hydrogen-bond acceptors (Lipinski definition) is 4. The minimum Gasteiger partial charge on any atom is -0.394 e. The van der Waals surface area contributed by atoms with Gasteiger partial charge in [-0.1, -0.05) is 30.3 Å². The summed E-state index contributed by atoms with van der Waals surface area (Å²) in [7, 11) is 0. The molecule has 2 rings (SSSR count). The molecule has 1 aliphatic rings. The second-order valence-electron chi connectivity index (χ2n) is 4.23. The average Bonchev–Trinajstić information content (AvgIpc) is 2.80. The highest BCUT2D eigenvalue weighted by Gasteiger charge is 2.35. The van der Waals surface area contributed by atoms with Crippen LogP contribution in [0.5, 0.6) is 0 Å². The number of benzene rings is 1. The van der Waals surface area contributed by atoms with Crippen molar-refractivity contribution < 1.29 is 19.7 Å². The second kappa shape index (κ2) is 6.12. The van der Waals surface area contributed by atoms with Gasteiger partial charge in [0.05, 0.1) is 32.0 Å². The number of ether oxygens (including phenoxy) is 2. The van der Waals surface area contributed by atoms with Gasteiger partial charge in [-0.3, -0.25) is 0 Å². The maximum Gasteiger partial charge on any atom is 0.107 e. The molecule has 1 aromatic carbocycles. The fraction of sp³-hybridized carbons (Fsp3) is 0.538. The van der Waals surface area contributed by atoms with E-state index in [9.17, 15) is 0 Å². The zero-order valence-electron chi connectivity index (χ0n) is 9.66. The zero-order valence-corrected chi connectivity index (χ0v) is 9.66. The lowest BCUT2D eigenvalue weighted by molar-refractivity contribution is -0.0587. The monoisotopic (exact) mass is 238 g/mol. The molecule has 0 aromatic heterocycles. The highest BCUT2D eigenvalue weighted by atomic mass is 16.6. The van der Waals surface area contributed by atoms with Crippen LogP contribution in [0.1, 0.15) is 12.0 Å². The van der Waals surface area contributed by atoms with E-state index in [1.54, 1.807) is 0 Å². The van der Waals surface area contributed by atoms with Gasteiger partial charge in [0.25, 0.3) is 0 Å². The highest BCUT2D eigenvalue weighted by Crippen LogP contribution is 2.23. The zero-order chi connectivity index (χ0) is 12.1. The Hall–Kier alpha value is -0.940. The van der Waals surface area contributed by atoms with E-state index >= 15 is 0 Å². The number of rotatable bonds is 5. The van der Waals surface area contributed by atoms with Gasteiger partial charge in [0, 0.05) is 6.42 Å². The summed E-state index contributed by atoms with van der Waals surface area (Å²) in [6.45, 7) is 0.404. The van der Waals surface area contributed by atoms with Gasteiger partial charge in [-0.15, -0.1) is 0 Å². The summed E-state index contributed by atoms with van der Waals surface area (Å²) < 4.78 is 11.2. The van der Waals surface area contributed by atoms with E-state index in [-0.39, 0.29) is 31.5 Å². The van der Waals surface area contributed by atoms with Crippen molar-refractivity contribution in [2.75, 3.05) is 13.2 Å². The van der Waals surface area contributed by atoms with E-state index in [0.717, 1.165) is 5.56 Å². The number of aliphatic hydroxyl groups excluding tert-OH is 2. The van der Waals surface area contributed by atoms with E-state index in [0.29, 0.717) is 13.0 Å². The Labute approximate surface area is 101 Å². The van der Waals surface area contributed by atoms with Gasteiger partial charge in [0.15, 0.2) is 0 Å². The lowest BCUT2D eigenvalue weighted by Crippen LogP contribution is -2.27.